The van der Waals surface area contributed by atoms with E-state index in [0.29, 0.717) is 13.1 Å². The highest BCUT2D eigenvalue weighted by molar-refractivity contribution is 5.89. The Morgan fingerprint density at radius 2 is 1.78 bits per heavy atom. The van der Waals surface area contributed by atoms with Crippen LogP contribution in [0.5, 0.6) is 0 Å². The van der Waals surface area contributed by atoms with Crippen LogP contribution in [-0.4, -0.2) is 33.9 Å². The summed E-state index contributed by atoms with van der Waals surface area (Å²) in [4.78, 5) is 27.2. The highest BCUT2D eigenvalue weighted by atomic mass is 16.2. The van der Waals surface area contributed by atoms with E-state index in [9.17, 15) is 9.59 Å². The van der Waals surface area contributed by atoms with Gasteiger partial charge in [0.05, 0.1) is 0 Å². The van der Waals surface area contributed by atoms with Crippen LogP contribution in [0.3, 0.4) is 0 Å². The summed E-state index contributed by atoms with van der Waals surface area (Å²) in [6.45, 7) is 1.39. The molecule has 1 fully saturated rings. The number of hydrogen-bond acceptors (Lipinski definition) is 2. The van der Waals surface area contributed by atoms with E-state index >= 15 is 0 Å². The van der Waals surface area contributed by atoms with Crippen LogP contribution in [-0.2, 0) is 22.7 Å². The van der Waals surface area contributed by atoms with Gasteiger partial charge in [0.25, 0.3) is 0 Å². The van der Waals surface area contributed by atoms with Gasteiger partial charge in [0.2, 0.25) is 11.8 Å². The average molecular weight is 361 g/mol. The molecule has 1 aromatic heterocycles. The van der Waals surface area contributed by atoms with Gasteiger partial charge >= 0.3 is 0 Å². The van der Waals surface area contributed by atoms with E-state index in [1.807, 2.05) is 71.4 Å². The fourth-order valence-corrected chi connectivity index (χ4v) is 3.76. The van der Waals surface area contributed by atoms with Gasteiger partial charge in [0.1, 0.15) is 12.6 Å². The largest absolute Gasteiger partial charge is 0.350 e. The summed E-state index contributed by atoms with van der Waals surface area (Å²) in [5, 5.41) is 4.09. The molecule has 2 amide bonds. The molecule has 0 radical (unpaired) electrons. The monoisotopic (exact) mass is 361 g/mol. The summed E-state index contributed by atoms with van der Waals surface area (Å²) >= 11 is 0. The second kappa shape index (κ2) is 7.66. The molecule has 2 aromatic carbocycles. The molecule has 4 rings (SSSR count). The number of likely N-dealkylation sites (tertiary alicyclic amines) is 1. The third-order valence-corrected chi connectivity index (χ3v) is 5.17. The highest BCUT2D eigenvalue weighted by Gasteiger charge is 2.33. The smallest absolute Gasteiger partial charge is 0.243 e. The fraction of sp³-hybridized carbons (Fsp3) is 0.273. The SMILES string of the molecule is O=C(NCc1ccccc1)[C@@H]1CCCN1C(=O)Cn1ccc2ccccc21. The minimum Gasteiger partial charge on any atom is -0.350 e. The minimum atomic E-state index is -0.372. The Morgan fingerprint density at radius 1 is 1.00 bits per heavy atom. The Bertz CT molecular complexity index is 948. The standard InChI is InChI=1S/C22H23N3O2/c26-21(16-24-14-12-18-9-4-5-10-19(18)24)25-13-6-11-20(25)22(27)23-15-17-7-2-1-3-8-17/h1-5,7-10,12,14,20H,6,11,13,15-16H2,(H,23,27)/t20-/m0/s1. The molecule has 0 saturated carbocycles. The van der Waals surface area contributed by atoms with Gasteiger partial charge in [-0.25, -0.2) is 0 Å². The molecule has 3 aromatic rings. The zero-order valence-electron chi connectivity index (χ0n) is 15.2. The number of carbonyl (C=O) groups is 2. The van der Waals surface area contributed by atoms with Crippen LogP contribution in [0.4, 0.5) is 0 Å². The number of fused-ring (bicyclic) bond motifs is 1. The van der Waals surface area contributed by atoms with E-state index in [1.54, 1.807) is 4.90 Å². The van der Waals surface area contributed by atoms with Crippen LogP contribution in [0.1, 0.15) is 18.4 Å². The number of nitrogens with one attached hydrogen (secondary N) is 1. The molecule has 1 aliphatic heterocycles. The van der Waals surface area contributed by atoms with Gasteiger partial charge in [-0.2, -0.15) is 0 Å². The van der Waals surface area contributed by atoms with Crippen molar-refractivity contribution >= 4 is 22.7 Å². The number of rotatable bonds is 5. The topological polar surface area (TPSA) is 54.3 Å². The number of hydrogen-bond donors (Lipinski definition) is 1. The molecule has 0 spiro atoms. The van der Waals surface area contributed by atoms with E-state index < -0.39 is 0 Å². The fourth-order valence-electron chi connectivity index (χ4n) is 3.76. The number of amides is 2. The molecule has 0 aliphatic carbocycles. The third-order valence-electron chi connectivity index (χ3n) is 5.17. The van der Waals surface area contributed by atoms with Gasteiger partial charge in [0.15, 0.2) is 0 Å². The summed E-state index contributed by atoms with van der Waals surface area (Å²) in [6.07, 6.45) is 3.52. The molecule has 5 nitrogen and oxygen atoms in total. The van der Waals surface area contributed by atoms with Crippen molar-refractivity contribution in [2.24, 2.45) is 0 Å². The van der Waals surface area contributed by atoms with Crippen LogP contribution in [0, 0.1) is 0 Å². The number of aromatic nitrogens is 1. The molecular formula is C22H23N3O2. The Labute approximate surface area is 158 Å². The summed E-state index contributed by atoms with van der Waals surface area (Å²) < 4.78 is 1.95. The molecule has 138 valence electrons. The van der Waals surface area contributed by atoms with Crippen molar-refractivity contribution in [1.82, 2.24) is 14.8 Å². The van der Waals surface area contributed by atoms with Crippen molar-refractivity contribution in [2.45, 2.75) is 32.0 Å². The van der Waals surface area contributed by atoms with Crippen LogP contribution < -0.4 is 5.32 Å². The first-order valence-corrected chi connectivity index (χ1v) is 9.37. The first kappa shape index (κ1) is 17.3. The van der Waals surface area contributed by atoms with Gasteiger partial charge in [-0.3, -0.25) is 9.59 Å². The van der Waals surface area contributed by atoms with Crippen molar-refractivity contribution in [3.8, 4) is 0 Å². The Morgan fingerprint density at radius 3 is 2.63 bits per heavy atom. The highest BCUT2D eigenvalue weighted by Crippen LogP contribution is 2.20. The maximum atomic E-state index is 12.9. The summed E-state index contributed by atoms with van der Waals surface area (Å²) in [6, 6.07) is 19.5. The minimum absolute atomic E-state index is 0.00582. The number of carbonyl (C=O) groups excluding carboxylic acids is 2. The lowest BCUT2D eigenvalue weighted by Crippen LogP contribution is -2.46. The van der Waals surface area contributed by atoms with Crippen molar-refractivity contribution in [3.63, 3.8) is 0 Å². The molecule has 27 heavy (non-hydrogen) atoms. The Balaban J connectivity index is 1.41. The lowest BCUT2D eigenvalue weighted by atomic mass is 10.2. The molecule has 1 atom stereocenters. The normalized spacial score (nSPS) is 16.6. The Hall–Kier alpha value is -3.08. The van der Waals surface area contributed by atoms with Crippen molar-refractivity contribution < 1.29 is 9.59 Å². The maximum absolute atomic E-state index is 12.9. The molecule has 1 aliphatic rings. The molecule has 5 heteroatoms. The van der Waals surface area contributed by atoms with E-state index in [0.717, 1.165) is 29.3 Å². The number of nitrogens with zero attached hydrogens (tertiary/aromatic N) is 2. The zero-order valence-corrected chi connectivity index (χ0v) is 15.2. The molecule has 0 unspecified atom stereocenters. The van der Waals surface area contributed by atoms with Crippen LogP contribution in [0.2, 0.25) is 0 Å². The van der Waals surface area contributed by atoms with Gasteiger partial charge in [0, 0.05) is 24.8 Å². The maximum Gasteiger partial charge on any atom is 0.243 e. The molecule has 0 bridgehead atoms. The van der Waals surface area contributed by atoms with Crippen molar-refractivity contribution in [3.05, 3.63) is 72.4 Å². The molecule has 1 saturated heterocycles. The molecular weight excluding hydrogens is 338 g/mol. The predicted octanol–water partition coefficient (Wildman–Crippen LogP) is 2.95. The summed E-state index contributed by atoms with van der Waals surface area (Å²) in [7, 11) is 0. The first-order chi connectivity index (χ1) is 13.2. The van der Waals surface area contributed by atoms with Crippen molar-refractivity contribution in [1.29, 1.82) is 0 Å². The van der Waals surface area contributed by atoms with Crippen LogP contribution >= 0.6 is 0 Å². The summed E-state index contributed by atoms with van der Waals surface area (Å²) in [5.74, 6) is -0.0734. The third kappa shape index (κ3) is 3.72. The number of benzene rings is 2. The van der Waals surface area contributed by atoms with E-state index in [4.69, 9.17) is 0 Å². The predicted molar refractivity (Wildman–Crippen MR) is 105 cm³/mol. The van der Waals surface area contributed by atoms with E-state index in [2.05, 4.69) is 5.32 Å². The quantitative estimate of drug-likeness (QED) is 0.760. The van der Waals surface area contributed by atoms with E-state index in [1.165, 1.54) is 0 Å². The molecule has 2 heterocycles. The second-order valence-corrected chi connectivity index (χ2v) is 6.95. The Kier molecular flexibility index (Phi) is 4.92. The number of para-hydroxylation sites is 1. The second-order valence-electron chi connectivity index (χ2n) is 6.95. The zero-order chi connectivity index (χ0) is 18.6. The molecule has 1 N–H and O–H groups in total. The van der Waals surface area contributed by atoms with E-state index in [-0.39, 0.29) is 24.4 Å². The first-order valence-electron chi connectivity index (χ1n) is 9.37. The van der Waals surface area contributed by atoms with Gasteiger partial charge in [-0.1, -0.05) is 48.5 Å². The van der Waals surface area contributed by atoms with Crippen molar-refractivity contribution in [2.75, 3.05) is 6.54 Å². The summed E-state index contributed by atoms with van der Waals surface area (Å²) in [5.41, 5.74) is 2.09. The van der Waals surface area contributed by atoms with Gasteiger partial charge in [-0.15, -0.1) is 0 Å². The van der Waals surface area contributed by atoms with Gasteiger partial charge in [-0.05, 0) is 35.9 Å². The lowest BCUT2D eigenvalue weighted by molar-refractivity contribution is -0.138. The van der Waals surface area contributed by atoms with Crippen LogP contribution in [0.25, 0.3) is 10.9 Å². The van der Waals surface area contributed by atoms with Gasteiger partial charge < -0.3 is 14.8 Å². The lowest BCUT2D eigenvalue weighted by Gasteiger charge is -2.24. The average Bonchev–Trinajstić information content (AvgIpc) is 3.35. The van der Waals surface area contributed by atoms with Crippen LogP contribution in [0.15, 0.2) is 66.9 Å².